The van der Waals surface area contributed by atoms with E-state index in [1.165, 1.54) is 7.05 Å². The van der Waals surface area contributed by atoms with Gasteiger partial charge in [0.2, 0.25) is 9.84 Å². The highest BCUT2D eigenvalue weighted by Gasteiger charge is 2.26. The van der Waals surface area contributed by atoms with Gasteiger partial charge in [-0.3, -0.25) is 9.59 Å². The second-order valence-corrected chi connectivity index (χ2v) is 6.12. The Morgan fingerprint density at radius 2 is 1.76 bits per heavy atom. The Hall–Kier alpha value is -2.03. The molecule has 0 aliphatic carbocycles. The summed E-state index contributed by atoms with van der Waals surface area (Å²) in [5.41, 5.74) is 0.0797. The van der Waals surface area contributed by atoms with Gasteiger partial charge >= 0.3 is 11.7 Å². The highest BCUT2D eigenvalue weighted by Crippen LogP contribution is 2.19. The van der Waals surface area contributed by atoms with E-state index >= 15 is 0 Å². The van der Waals surface area contributed by atoms with Crippen LogP contribution in [0.3, 0.4) is 0 Å². The Morgan fingerprint density at radius 3 is 2.19 bits per heavy atom. The van der Waals surface area contributed by atoms with Crippen LogP contribution < -0.4 is 0 Å². The number of alkyl halides is 2. The van der Waals surface area contributed by atoms with Crippen LogP contribution in [-0.2, 0) is 14.6 Å². The summed E-state index contributed by atoms with van der Waals surface area (Å²) in [4.78, 5) is 22.9. The number of nitrogens with zero attached hydrogens (tertiary/aromatic N) is 1. The van der Waals surface area contributed by atoms with Gasteiger partial charge in [0.05, 0.1) is 11.3 Å². The zero-order valence-electron chi connectivity index (χ0n) is 11.0. The highest BCUT2D eigenvalue weighted by molar-refractivity contribution is 7.91. The standard InChI is InChI=1S/C12H13F2NO5S/c1-15(7-6-10(16)17)11(18)8-2-4-9(5-3-8)21(19,20)12(13)14/h2-5,12H,6-7H2,1H3,(H,16,17). The average Bonchev–Trinajstić information content (AvgIpc) is 2.43. The predicted octanol–water partition coefficient (Wildman–Crippen LogP) is 1.23. The molecule has 0 radical (unpaired) electrons. The van der Waals surface area contributed by atoms with Crippen LogP contribution in [0.25, 0.3) is 0 Å². The lowest BCUT2D eigenvalue weighted by Gasteiger charge is -2.16. The molecule has 0 heterocycles. The fraction of sp³-hybridized carbons (Fsp3) is 0.333. The molecule has 0 spiro atoms. The van der Waals surface area contributed by atoms with Gasteiger partial charge in [0.25, 0.3) is 5.91 Å². The molecule has 0 aliphatic rings. The Balaban J connectivity index is 2.88. The number of hydrogen-bond acceptors (Lipinski definition) is 4. The molecule has 116 valence electrons. The second-order valence-electron chi connectivity index (χ2n) is 4.20. The maximum Gasteiger partial charge on any atom is 0.341 e. The number of sulfone groups is 1. The van der Waals surface area contributed by atoms with Crippen LogP contribution in [0.15, 0.2) is 29.2 Å². The van der Waals surface area contributed by atoms with Gasteiger partial charge in [-0.15, -0.1) is 0 Å². The minimum absolute atomic E-state index is 0.0226. The van der Waals surface area contributed by atoms with Crippen LogP contribution in [0.4, 0.5) is 8.78 Å². The lowest BCUT2D eigenvalue weighted by molar-refractivity contribution is -0.137. The van der Waals surface area contributed by atoms with E-state index in [1.807, 2.05) is 0 Å². The molecule has 0 atom stereocenters. The average molecular weight is 321 g/mol. The van der Waals surface area contributed by atoms with Crippen molar-refractivity contribution >= 4 is 21.7 Å². The summed E-state index contributed by atoms with van der Waals surface area (Å²) in [6.45, 7) is -0.0226. The summed E-state index contributed by atoms with van der Waals surface area (Å²) in [5.74, 6) is -5.12. The maximum absolute atomic E-state index is 12.3. The summed E-state index contributed by atoms with van der Waals surface area (Å²) in [6.07, 6.45) is -0.236. The van der Waals surface area contributed by atoms with Crippen LogP contribution in [0.2, 0.25) is 0 Å². The van der Waals surface area contributed by atoms with E-state index in [-0.39, 0.29) is 18.5 Å². The first-order valence-electron chi connectivity index (χ1n) is 5.75. The molecule has 1 aromatic rings. The van der Waals surface area contributed by atoms with E-state index in [9.17, 15) is 26.8 Å². The summed E-state index contributed by atoms with van der Waals surface area (Å²) < 4.78 is 47.1. The van der Waals surface area contributed by atoms with Crippen molar-refractivity contribution in [1.29, 1.82) is 0 Å². The number of carboxylic acids is 1. The third kappa shape index (κ3) is 4.22. The van der Waals surface area contributed by atoms with E-state index in [0.29, 0.717) is 0 Å². The van der Waals surface area contributed by atoms with E-state index in [0.717, 1.165) is 29.2 Å². The molecule has 0 saturated carbocycles. The van der Waals surface area contributed by atoms with Crippen molar-refractivity contribution in [3.8, 4) is 0 Å². The molecule has 1 aromatic carbocycles. The zero-order valence-corrected chi connectivity index (χ0v) is 11.8. The number of carbonyl (C=O) groups is 2. The Labute approximate surface area is 119 Å². The Bertz CT molecular complexity index is 628. The molecule has 21 heavy (non-hydrogen) atoms. The number of carboxylic acid groups (broad SMARTS) is 1. The highest BCUT2D eigenvalue weighted by atomic mass is 32.2. The molecular formula is C12H13F2NO5S. The smallest absolute Gasteiger partial charge is 0.341 e. The van der Waals surface area contributed by atoms with Crippen molar-refractivity contribution in [2.45, 2.75) is 17.1 Å². The zero-order chi connectivity index (χ0) is 16.2. The van der Waals surface area contributed by atoms with E-state index in [1.54, 1.807) is 0 Å². The third-order valence-corrected chi connectivity index (χ3v) is 4.07. The minimum Gasteiger partial charge on any atom is -0.481 e. The van der Waals surface area contributed by atoms with Crippen molar-refractivity contribution in [2.75, 3.05) is 13.6 Å². The summed E-state index contributed by atoms with van der Waals surface area (Å²) in [5, 5.41) is 8.52. The molecule has 0 saturated heterocycles. The van der Waals surface area contributed by atoms with Crippen molar-refractivity contribution in [1.82, 2.24) is 4.90 Å². The van der Waals surface area contributed by atoms with Crippen molar-refractivity contribution < 1.29 is 31.9 Å². The predicted molar refractivity (Wildman–Crippen MR) is 68.8 cm³/mol. The number of benzene rings is 1. The third-order valence-electron chi connectivity index (χ3n) is 2.67. The Morgan fingerprint density at radius 1 is 1.24 bits per heavy atom. The number of aliphatic carboxylic acids is 1. The molecule has 0 bridgehead atoms. The normalized spacial score (nSPS) is 11.4. The molecule has 0 fully saturated rings. The fourth-order valence-corrected chi connectivity index (χ4v) is 2.20. The quantitative estimate of drug-likeness (QED) is 0.851. The molecule has 6 nitrogen and oxygen atoms in total. The largest absolute Gasteiger partial charge is 0.481 e. The lowest BCUT2D eigenvalue weighted by Crippen LogP contribution is -2.29. The van der Waals surface area contributed by atoms with E-state index in [4.69, 9.17) is 5.11 Å². The van der Waals surface area contributed by atoms with Crippen LogP contribution in [0.5, 0.6) is 0 Å². The first-order valence-corrected chi connectivity index (χ1v) is 7.30. The molecule has 9 heteroatoms. The molecule has 1 amide bonds. The van der Waals surface area contributed by atoms with E-state index < -0.39 is 32.4 Å². The molecule has 0 aliphatic heterocycles. The first-order chi connectivity index (χ1) is 9.66. The topological polar surface area (TPSA) is 91.8 Å². The van der Waals surface area contributed by atoms with Gasteiger partial charge < -0.3 is 10.0 Å². The van der Waals surface area contributed by atoms with Gasteiger partial charge in [-0.25, -0.2) is 8.42 Å². The second kappa shape index (κ2) is 6.61. The molecule has 1 N–H and O–H groups in total. The van der Waals surface area contributed by atoms with E-state index in [2.05, 4.69) is 0 Å². The number of rotatable bonds is 6. The van der Waals surface area contributed by atoms with Gasteiger partial charge in [0.1, 0.15) is 0 Å². The SMILES string of the molecule is CN(CCC(=O)O)C(=O)c1ccc(S(=O)(=O)C(F)F)cc1. The molecular weight excluding hydrogens is 308 g/mol. The van der Waals surface area contributed by atoms with Gasteiger partial charge in [-0.1, -0.05) is 0 Å². The number of halogens is 2. The monoisotopic (exact) mass is 321 g/mol. The summed E-state index contributed by atoms with van der Waals surface area (Å²) in [6, 6.07) is 4.04. The van der Waals surface area contributed by atoms with Gasteiger partial charge in [0, 0.05) is 19.2 Å². The van der Waals surface area contributed by atoms with Crippen LogP contribution >= 0.6 is 0 Å². The molecule has 1 rings (SSSR count). The van der Waals surface area contributed by atoms with Gasteiger partial charge in [-0.2, -0.15) is 8.78 Å². The van der Waals surface area contributed by atoms with Crippen molar-refractivity contribution in [3.05, 3.63) is 29.8 Å². The Kier molecular flexibility index (Phi) is 5.36. The van der Waals surface area contributed by atoms with Crippen molar-refractivity contribution in [2.24, 2.45) is 0 Å². The summed E-state index contributed by atoms with van der Waals surface area (Å²) in [7, 11) is -3.31. The number of carbonyl (C=O) groups excluding carboxylic acids is 1. The molecule has 0 aromatic heterocycles. The summed E-state index contributed by atoms with van der Waals surface area (Å²) >= 11 is 0. The van der Waals surface area contributed by atoms with Crippen LogP contribution in [0, 0.1) is 0 Å². The number of hydrogen-bond donors (Lipinski definition) is 1. The maximum atomic E-state index is 12.3. The fourth-order valence-electron chi connectivity index (χ4n) is 1.48. The van der Waals surface area contributed by atoms with Gasteiger partial charge in [0.15, 0.2) is 0 Å². The van der Waals surface area contributed by atoms with Crippen LogP contribution in [-0.4, -0.2) is 49.7 Å². The van der Waals surface area contributed by atoms with Gasteiger partial charge in [-0.05, 0) is 24.3 Å². The first kappa shape index (κ1) is 17.0. The number of amides is 1. The van der Waals surface area contributed by atoms with Crippen molar-refractivity contribution in [3.63, 3.8) is 0 Å². The molecule has 0 unspecified atom stereocenters. The minimum atomic E-state index is -4.70. The van der Waals surface area contributed by atoms with Crippen LogP contribution in [0.1, 0.15) is 16.8 Å². The lowest BCUT2D eigenvalue weighted by atomic mass is 10.2.